The molecule has 0 amide bonds. The van der Waals surface area contributed by atoms with E-state index in [0.717, 1.165) is 4.64 Å². The molecule has 0 saturated carbocycles. The first-order chi connectivity index (χ1) is 3.39. The predicted octanol–water partition coefficient (Wildman–Crippen LogP) is 1.74. The molecular weight excluding hydrogens is 165 g/mol. The van der Waals surface area contributed by atoms with Crippen molar-refractivity contribution in [1.29, 1.82) is 0 Å². The van der Waals surface area contributed by atoms with Crippen LogP contribution in [0.4, 0.5) is 0 Å². The summed E-state index contributed by atoms with van der Waals surface area (Å²) in [4.78, 5) is 2.85. The van der Waals surface area contributed by atoms with Crippen molar-refractivity contribution in [2.45, 2.75) is 0 Å². The van der Waals surface area contributed by atoms with Crippen molar-refractivity contribution in [3.8, 4) is 0 Å². The number of hydrogen-bond acceptors (Lipinski definition) is 1. The molecule has 0 fully saturated rings. The molecule has 1 N–H and O–H groups in total. The fourth-order valence-electron chi connectivity index (χ4n) is 0.377. The molecule has 45 valence electrons. The molecule has 1 aromatic heterocycles. The molecule has 1 nitrogen and oxygen atoms in total. The van der Waals surface area contributed by atoms with Crippen LogP contribution in [0.1, 0.15) is 0 Å². The minimum atomic E-state index is 0. The molecule has 1 aromatic rings. The van der Waals surface area contributed by atoms with Gasteiger partial charge in [-0.05, 0) is 12.1 Å². The van der Waals surface area contributed by atoms with Gasteiger partial charge in [-0.15, -0.1) is 0 Å². The van der Waals surface area contributed by atoms with Crippen LogP contribution in [-0.4, -0.2) is 4.98 Å². The van der Waals surface area contributed by atoms with Crippen molar-refractivity contribution < 1.29 is 16.8 Å². The molecule has 0 spiro atoms. The Morgan fingerprint density at radius 3 is 2.38 bits per heavy atom. The third kappa shape index (κ3) is 2.25. The van der Waals surface area contributed by atoms with Gasteiger partial charge in [-0.1, -0.05) is 18.3 Å². The molecule has 1 rings (SSSR count). The van der Waals surface area contributed by atoms with Crippen molar-refractivity contribution in [2.24, 2.45) is 0 Å². The van der Waals surface area contributed by atoms with Crippen LogP contribution >= 0.6 is 12.2 Å². The maximum Gasteiger partial charge on any atom is 0.103 e. The Kier molecular flexibility index (Phi) is 3.77. The summed E-state index contributed by atoms with van der Waals surface area (Å²) in [6.45, 7) is 0. The maximum atomic E-state index is 4.76. The minimum absolute atomic E-state index is 0. The fourth-order valence-corrected chi connectivity index (χ4v) is 0.523. The fraction of sp³-hybridized carbons (Fsp3) is 0. The van der Waals surface area contributed by atoms with Crippen molar-refractivity contribution >= 4 is 12.2 Å². The van der Waals surface area contributed by atoms with Crippen molar-refractivity contribution in [3.63, 3.8) is 0 Å². The van der Waals surface area contributed by atoms with E-state index in [1.807, 2.05) is 24.4 Å². The van der Waals surface area contributed by atoms with Crippen LogP contribution < -0.4 is 0 Å². The van der Waals surface area contributed by atoms with E-state index in [9.17, 15) is 0 Å². The van der Waals surface area contributed by atoms with Gasteiger partial charge in [-0.25, -0.2) is 0 Å². The Morgan fingerprint density at radius 2 is 2.12 bits per heavy atom. The second kappa shape index (κ2) is 3.83. The summed E-state index contributed by atoms with van der Waals surface area (Å²) in [5.74, 6) is 0. The van der Waals surface area contributed by atoms with Crippen molar-refractivity contribution in [1.82, 2.24) is 4.98 Å². The molecule has 0 bridgehead atoms. The van der Waals surface area contributed by atoms with Crippen LogP contribution in [0.5, 0.6) is 0 Å². The Bertz CT molecular complexity index is 178. The minimum Gasteiger partial charge on any atom is -0.353 e. The van der Waals surface area contributed by atoms with Gasteiger partial charge >= 0.3 is 0 Å². The number of H-pyrrole nitrogens is 1. The summed E-state index contributed by atoms with van der Waals surface area (Å²) < 4.78 is 0.780. The number of nitrogens with one attached hydrogen (secondary N) is 1. The summed E-state index contributed by atoms with van der Waals surface area (Å²) in [5, 5.41) is 0. The van der Waals surface area contributed by atoms with Crippen LogP contribution in [0.15, 0.2) is 24.4 Å². The molecule has 1 heterocycles. The normalized spacial score (nSPS) is 7.50. The van der Waals surface area contributed by atoms with E-state index in [2.05, 4.69) is 4.98 Å². The van der Waals surface area contributed by atoms with Crippen LogP contribution in [-0.2, 0) is 16.8 Å². The van der Waals surface area contributed by atoms with Gasteiger partial charge in [-0.3, -0.25) is 0 Å². The Hall–Kier alpha value is -0.124. The smallest absolute Gasteiger partial charge is 0.103 e. The van der Waals surface area contributed by atoms with E-state index < -0.39 is 0 Å². The molecule has 0 aromatic carbocycles. The Balaban J connectivity index is 0.000000490. The van der Waals surface area contributed by atoms with Gasteiger partial charge in [0.15, 0.2) is 0 Å². The third-order valence-corrected chi connectivity index (χ3v) is 0.934. The number of aromatic amines is 1. The van der Waals surface area contributed by atoms with Crippen molar-refractivity contribution in [3.05, 3.63) is 29.0 Å². The monoisotopic (exact) mass is 170 g/mol. The second-order valence-corrected chi connectivity index (χ2v) is 1.67. The molecule has 0 unspecified atom stereocenters. The van der Waals surface area contributed by atoms with Crippen molar-refractivity contribution in [2.75, 3.05) is 0 Å². The van der Waals surface area contributed by atoms with Gasteiger partial charge in [-0.2, -0.15) is 0 Å². The zero-order chi connectivity index (χ0) is 5.11. The quantitative estimate of drug-likeness (QED) is 0.586. The van der Waals surface area contributed by atoms with E-state index in [1.165, 1.54) is 0 Å². The van der Waals surface area contributed by atoms with Gasteiger partial charge < -0.3 is 4.98 Å². The largest absolute Gasteiger partial charge is 0.353 e. The van der Waals surface area contributed by atoms with Crippen LogP contribution in [0.25, 0.3) is 0 Å². The summed E-state index contributed by atoms with van der Waals surface area (Å²) in [7, 11) is 0. The van der Waals surface area contributed by atoms with Gasteiger partial charge in [0.25, 0.3) is 0 Å². The molecule has 1 radical (unpaired) electrons. The van der Waals surface area contributed by atoms with E-state index in [1.54, 1.807) is 0 Å². The van der Waals surface area contributed by atoms with Gasteiger partial charge in [0, 0.05) is 23.0 Å². The average Bonchev–Trinajstić information content (AvgIpc) is 1.69. The molecule has 8 heavy (non-hydrogen) atoms. The van der Waals surface area contributed by atoms with Gasteiger partial charge in [0.1, 0.15) is 4.64 Å². The van der Waals surface area contributed by atoms with E-state index in [0.29, 0.717) is 0 Å². The molecule has 0 aliphatic rings. The van der Waals surface area contributed by atoms with E-state index in [4.69, 9.17) is 12.2 Å². The standard InChI is InChI=1S/C5H5NS.Co/c7-5-3-1-2-4-6-5;/h1-4H,(H,6,7);. The Labute approximate surface area is 63.3 Å². The van der Waals surface area contributed by atoms with E-state index in [-0.39, 0.29) is 16.8 Å². The van der Waals surface area contributed by atoms with Gasteiger partial charge in [0.05, 0.1) is 0 Å². The summed E-state index contributed by atoms with van der Waals surface area (Å²) in [6.07, 6.45) is 1.81. The Morgan fingerprint density at radius 1 is 1.38 bits per heavy atom. The predicted molar refractivity (Wildman–Crippen MR) is 31.6 cm³/mol. The first-order valence-electron chi connectivity index (χ1n) is 2.03. The number of pyridine rings is 1. The SMILES string of the molecule is S=c1cccc[nH]1.[Co]. The molecule has 0 atom stereocenters. The molecule has 0 aliphatic carbocycles. The summed E-state index contributed by atoms with van der Waals surface area (Å²) in [5.41, 5.74) is 0. The zero-order valence-electron chi connectivity index (χ0n) is 4.05. The zero-order valence-corrected chi connectivity index (χ0v) is 5.91. The van der Waals surface area contributed by atoms with E-state index >= 15 is 0 Å². The number of rotatable bonds is 0. The van der Waals surface area contributed by atoms with Crippen LogP contribution in [0, 0.1) is 4.64 Å². The topological polar surface area (TPSA) is 15.8 Å². The molecule has 0 aliphatic heterocycles. The first-order valence-corrected chi connectivity index (χ1v) is 2.44. The van der Waals surface area contributed by atoms with Crippen LogP contribution in [0.2, 0.25) is 0 Å². The first kappa shape index (κ1) is 7.88. The molecule has 3 heteroatoms. The number of hydrogen-bond donors (Lipinski definition) is 1. The average molecular weight is 170 g/mol. The number of aromatic nitrogens is 1. The van der Waals surface area contributed by atoms with Gasteiger partial charge in [0.2, 0.25) is 0 Å². The molecule has 0 saturated heterocycles. The summed E-state index contributed by atoms with van der Waals surface area (Å²) >= 11 is 4.76. The van der Waals surface area contributed by atoms with Crippen LogP contribution in [0.3, 0.4) is 0 Å². The third-order valence-electron chi connectivity index (χ3n) is 0.681. The summed E-state index contributed by atoms with van der Waals surface area (Å²) in [6, 6.07) is 5.64. The molecular formula is C5H5CoNS. The second-order valence-electron chi connectivity index (χ2n) is 1.23. The maximum absolute atomic E-state index is 4.76.